The van der Waals surface area contributed by atoms with Gasteiger partial charge in [-0.1, -0.05) is 109 Å². The van der Waals surface area contributed by atoms with Gasteiger partial charge in [0.1, 0.15) is 31.6 Å². The summed E-state index contributed by atoms with van der Waals surface area (Å²) < 4.78 is 16.7. The van der Waals surface area contributed by atoms with Crippen LogP contribution >= 0.6 is 0 Å². The number of aromatic nitrogens is 2. The van der Waals surface area contributed by atoms with Crippen LogP contribution in [0.3, 0.4) is 0 Å². The standard InChI is InChI=1S/C39H35N3O6/c43-36(46-24-27-12-4-1-5-13-27)23-34(38(44)47-25-28-14-6-2-7-15-28)40-21-20-33-37-31(30-18-10-11-19-32(30)42-37)22-35(41-33)39(45)48-26-29-16-8-3-9-17-29/h1-19,22,34,40,42H,20-21,23-26H2/t34-/m0/s1. The Morgan fingerprint density at radius 2 is 1.23 bits per heavy atom. The molecule has 0 saturated carbocycles. The van der Waals surface area contributed by atoms with E-state index in [1.807, 2.05) is 115 Å². The molecular weight excluding hydrogens is 606 g/mol. The molecule has 2 N–H and O–H groups in total. The maximum absolute atomic E-state index is 13.3. The van der Waals surface area contributed by atoms with E-state index in [0.29, 0.717) is 12.1 Å². The van der Waals surface area contributed by atoms with Gasteiger partial charge in [0.05, 0.1) is 17.6 Å². The fourth-order valence-electron chi connectivity index (χ4n) is 5.39. The SMILES string of the molecule is O=C(C[C@H](NCCc1nc(C(=O)OCc2ccccc2)cc2c1[nH]c1ccccc12)C(=O)OCc1ccccc1)OCc1ccccc1. The van der Waals surface area contributed by atoms with Gasteiger partial charge >= 0.3 is 17.9 Å². The number of carbonyl (C=O) groups excluding carboxylic acids is 3. The summed E-state index contributed by atoms with van der Waals surface area (Å²) in [5, 5.41) is 4.97. The molecule has 2 aromatic heterocycles. The Bertz CT molecular complexity index is 1990. The average Bonchev–Trinajstić information content (AvgIpc) is 3.52. The van der Waals surface area contributed by atoms with E-state index in [0.717, 1.165) is 38.5 Å². The van der Waals surface area contributed by atoms with Gasteiger partial charge in [-0.3, -0.25) is 9.59 Å². The summed E-state index contributed by atoms with van der Waals surface area (Å²) in [6, 6.07) is 36.7. The third-order valence-corrected chi connectivity index (χ3v) is 7.87. The van der Waals surface area contributed by atoms with Crippen molar-refractivity contribution in [1.29, 1.82) is 0 Å². The Balaban J connectivity index is 1.18. The molecule has 0 unspecified atom stereocenters. The monoisotopic (exact) mass is 641 g/mol. The Morgan fingerprint density at radius 1 is 0.667 bits per heavy atom. The molecule has 0 amide bonds. The lowest BCUT2D eigenvalue weighted by molar-refractivity contribution is -0.154. The molecule has 0 radical (unpaired) electrons. The van der Waals surface area contributed by atoms with Crippen molar-refractivity contribution in [2.24, 2.45) is 0 Å². The number of aromatic amines is 1. The van der Waals surface area contributed by atoms with Gasteiger partial charge in [-0.25, -0.2) is 9.78 Å². The average molecular weight is 642 g/mol. The molecule has 9 heteroatoms. The maximum Gasteiger partial charge on any atom is 0.357 e. The number of ether oxygens (including phenoxy) is 3. The molecule has 0 spiro atoms. The third kappa shape index (κ3) is 8.31. The lowest BCUT2D eigenvalue weighted by Gasteiger charge is -2.17. The Morgan fingerprint density at radius 3 is 1.88 bits per heavy atom. The van der Waals surface area contributed by atoms with Crippen molar-refractivity contribution in [2.45, 2.75) is 38.7 Å². The number of rotatable bonds is 14. The molecule has 2 heterocycles. The summed E-state index contributed by atoms with van der Waals surface area (Å²) in [5.74, 6) is -1.64. The number of benzene rings is 4. The second kappa shape index (κ2) is 15.7. The highest BCUT2D eigenvalue weighted by atomic mass is 16.5. The van der Waals surface area contributed by atoms with Crippen LogP contribution in [-0.4, -0.2) is 40.5 Å². The van der Waals surface area contributed by atoms with E-state index in [-0.39, 0.29) is 38.5 Å². The first-order valence-corrected chi connectivity index (χ1v) is 15.8. The summed E-state index contributed by atoms with van der Waals surface area (Å²) in [6.07, 6.45) is 0.117. The highest BCUT2D eigenvalue weighted by Crippen LogP contribution is 2.28. The molecule has 4 aromatic carbocycles. The van der Waals surface area contributed by atoms with Crippen LogP contribution in [0.25, 0.3) is 21.8 Å². The zero-order valence-electron chi connectivity index (χ0n) is 26.3. The van der Waals surface area contributed by atoms with Gasteiger partial charge in [0.2, 0.25) is 0 Å². The quantitative estimate of drug-likeness (QED) is 0.103. The Hall–Kier alpha value is -5.80. The highest BCUT2D eigenvalue weighted by Gasteiger charge is 2.25. The molecule has 1 atom stereocenters. The van der Waals surface area contributed by atoms with Crippen LogP contribution in [-0.2, 0) is 50.0 Å². The van der Waals surface area contributed by atoms with Gasteiger partial charge in [-0.15, -0.1) is 0 Å². The second-order valence-corrected chi connectivity index (χ2v) is 11.3. The number of pyridine rings is 1. The number of nitrogens with one attached hydrogen (secondary N) is 2. The zero-order chi connectivity index (χ0) is 33.1. The van der Waals surface area contributed by atoms with E-state index in [4.69, 9.17) is 19.2 Å². The van der Waals surface area contributed by atoms with Crippen LogP contribution in [0.5, 0.6) is 0 Å². The van der Waals surface area contributed by atoms with Gasteiger partial charge in [-0.05, 0) is 28.8 Å². The van der Waals surface area contributed by atoms with Crippen molar-refractivity contribution >= 4 is 39.7 Å². The van der Waals surface area contributed by atoms with Gasteiger partial charge in [0, 0.05) is 29.3 Å². The first kappa shape index (κ1) is 32.2. The topological polar surface area (TPSA) is 120 Å². The van der Waals surface area contributed by atoms with Crippen LogP contribution < -0.4 is 5.32 Å². The summed E-state index contributed by atoms with van der Waals surface area (Å²) >= 11 is 0. The van der Waals surface area contributed by atoms with Crippen molar-refractivity contribution in [3.63, 3.8) is 0 Å². The van der Waals surface area contributed by atoms with Crippen LogP contribution in [0.4, 0.5) is 0 Å². The van der Waals surface area contributed by atoms with Crippen molar-refractivity contribution in [1.82, 2.24) is 15.3 Å². The molecule has 242 valence electrons. The van der Waals surface area contributed by atoms with Crippen molar-refractivity contribution in [2.75, 3.05) is 6.54 Å². The van der Waals surface area contributed by atoms with Crippen LogP contribution in [0.15, 0.2) is 121 Å². The normalized spacial score (nSPS) is 11.7. The summed E-state index contributed by atoms with van der Waals surface area (Å²) in [4.78, 5) is 47.4. The first-order valence-electron chi connectivity index (χ1n) is 15.8. The van der Waals surface area contributed by atoms with E-state index in [1.54, 1.807) is 6.07 Å². The summed E-state index contributed by atoms with van der Waals surface area (Å²) in [7, 11) is 0. The number of carbonyl (C=O) groups is 3. The van der Waals surface area contributed by atoms with Crippen molar-refractivity contribution in [3.05, 3.63) is 149 Å². The smallest absolute Gasteiger partial charge is 0.357 e. The number of fused-ring (bicyclic) bond motifs is 3. The number of H-pyrrole nitrogens is 1. The minimum Gasteiger partial charge on any atom is -0.461 e. The first-order chi connectivity index (χ1) is 23.5. The van der Waals surface area contributed by atoms with E-state index in [1.165, 1.54) is 0 Å². The third-order valence-electron chi connectivity index (χ3n) is 7.87. The molecule has 6 rings (SSSR count). The molecule has 48 heavy (non-hydrogen) atoms. The van der Waals surface area contributed by atoms with E-state index >= 15 is 0 Å². The molecule has 0 fully saturated rings. The van der Waals surface area contributed by atoms with E-state index in [2.05, 4.69) is 10.3 Å². The predicted molar refractivity (Wildman–Crippen MR) is 182 cm³/mol. The molecular formula is C39H35N3O6. The molecule has 0 aliphatic carbocycles. The molecule has 0 saturated heterocycles. The van der Waals surface area contributed by atoms with E-state index < -0.39 is 23.9 Å². The minimum atomic E-state index is -0.964. The molecule has 0 aliphatic heterocycles. The fraction of sp³-hybridized carbons (Fsp3) is 0.179. The van der Waals surface area contributed by atoms with Gasteiger partial charge in [0.15, 0.2) is 0 Å². The van der Waals surface area contributed by atoms with Gasteiger partial charge in [0.25, 0.3) is 0 Å². The predicted octanol–water partition coefficient (Wildman–Crippen LogP) is 6.45. The molecule has 0 aliphatic rings. The fourth-order valence-corrected chi connectivity index (χ4v) is 5.39. The Labute approximate surface area is 277 Å². The summed E-state index contributed by atoms with van der Waals surface area (Å²) in [5.41, 5.74) is 5.03. The van der Waals surface area contributed by atoms with Crippen LogP contribution in [0.2, 0.25) is 0 Å². The van der Waals surface area contributed by atoms with Gasteiger partial charge in [-0.2, -0.15) is 0 Å². The van der Waals surface area contributed by atoms with E-state index in [9.17, 15) is 14.4 Å². The highest BCUT2D eigenvalue weighted by molar-refractivity contribution is 6.09. The molecule has 0 bridgehead atoms. The Kier molecular flexibility index (Phi) is 10.5. The van der Waals surface area contributed by atoms with Gasteiger partial charge < -0.3 is 24.5 Å². The van der Waals surface area contributed by atoms with Crippen LogP contribution in [0, 0.1) is 0 Å². The molecule has 9 nitrogen and oxygen atoms in total. The summed E-state index contributed by atoms with van der Waals surface area (Å²) in [6.45, 7) is 0.552. The number of hydrogen-bond donors (Lipinski definition) is 2. The maximum atomic E-state index is 13.3. The minimum absolute atomic E-state index is 0.0707. The number of para-hydroxylation sites is 1. The zero-order valence-corrected chi connectivity index (χ0v) is 26.3. The largest absolute Gasteiger partial charge is 0.461 e. The van der Waals surface area contributed by atoms with Crippen molar-refractivity contribution in [3.8, 4) is 0 Å². The lowest BCUT2D eigenvalue weighted by Crippen LogP contribution is -2.41. The van der Waals surface area contributed by atoms with Crippen molar-refractivity contribution < 1.29 is 28.6 Å². The number of nitrogens with zero attached hydrogens (tertiary/aromatic N) is 1. The lowest BCUT2D eigenvalue weighted by atomic mass is 10.1. The number of esters is 3. The van der Waals surface area contributed by atoms with Crippen LogP contribution in [0.1, 0.15) is 39.3 Å². The molecule has 6 aromatic rings. The second-order valence-electron chi connectivity index (χ2n) is 11.3. The number of hydrogen-bond acceptors (Lipinski definition) is 8.